The maximum absolute atomic E-state index is 6.37. The van der Waals surface area contributed by atoms with Gasteiger partial charge in [0.2, 0.25) is 0 Å². The van der Waals surface area contributed by atoms with Crippen LogP contribution in [0.3, 0.4) is 0 Å². The maximum Gasteiger partial charge on any atom is 0.110 e. The van der Waals surface area contributed by atoms with Crippen molar-refractivity contribution in [3.8, 4) is 0 Å². The van der Waals surface area contributed by atoms with Crippen LogP contribution in [0.4, 0.5) is 0 Å². The molecule has 0 amide bonds. The van der Waals surface area contributed by atoms with E-state index in [4.69, 9.17) is 5.73 Å². The van der Waals surface area contributed by atoms with E-state index in [-0.39, 0.29) is 6.04 Å². The fraction of sp³-hybridized carbons (Fsp3) is 0.235. The van der Waals surface area contributed by atoms with Crippen LogP contribution in [0.1, 0.15) is 24.4 Å². The summed E-state index contributed by atoms with van der Waals surface area (Å²) in [7, 11) is 0. The number of nitrogens with two attached hydrogens (primary N) is 1. The van der Waals surface area contributed by atoms with E-state index in [1.165, 1.54) is 10.8 Å². The van der Waals surface area contributed by atoms with Crippen LogP contribution in [0, 0.1) is 0 Å². The smallest absolute Gasteiger partial charge is 0.110 e. The molecule has 0 aliphatic carbocycles. The highest BCUT2D eigenvalue weighted by Crippen LogP contribution is 2.24. The first kappa shape index (κ1) is 14.3. The Labute approximate surface area is 132 Å². The van der Waals surface area contributed by atoms with E-state index in [0.717, 1.165) is 28.8 Å². The normalized spacial score (nSPS) is 12.7. The molecule has 0 saturated carbocycles. The summed E-state index contributed by atoms with van der Waals surface area (Å²) in [5, 5.41) is 2.43. The molecular formula is C17H18BrN3. The zero-order valence-electron chi connectivity index (χ0n) is 12.0. The van der Waals surface area contributed by atoms with E-state index in [9.17, 15) is 0 Å². The molecule has 3 rings (SSSR count). The quantitative estimate of drug-likeness (QED) is 0.776. The van der Waals surface area contributed by atoms with Crippen LogP contribution in [0.15, 0.2) is 53.3 Å². The molecule has 1 heterocycles. The van der Waals surface area contributed by atoms with Gasteiger partial charge in [0.05, 0.1) is 0 Å². The largest absolute Gasteiger partial charge is 0.335 e. The number of aryl methyl sites for hydroxylation is 1. The van der Waals surface area contributed by atoms with Crippen molar-refractivity contribution in [1.29, 1.82) is 0 Å². The van der Waals surface area contributed by atoms with Gasteiger partial charge in [0, 0.05) is 35.9 Å². The molecular weight excluding hydrogens is 326 g/mol. The second-order valence-electron chi connectivity index (χ2n) is 5.19. The molecule has 2 N–H and O–H groups in total. The summed E-state index contributed by atoms with van der Waals surface area (Å²) in [5.74, 6) is 1.04. The monoisotopic (exact) mass is 343 g/mol. The van der Waals surface area contributed by atoms with E-state index >= 15 is 0 Å². The fourth-order valence-corrected chi connectivity index (χ4v) is 2.98. The van der Waals surface area contributed by atoms with Crippen molar-refractivity contribution in [2.24, 2.45) is 5.73 Å². The first-order chi connectivity index (χ1) is 10.2. The van der Waals surface area contributed by atoms with E-state index in [0.29, 0.717) is 0 Å². The van der Waals surface area contributed by atoms with Crippen LogP contribution in [0.5, 0.6) is 0 Å². The van der Waals surface area contributed by atoms with Crippen LogP contribution in [0.25, 0.3) is 10.8 Å². The van der Waals surface area contributed by atoms with E-state index in [2.05, 4.69) is 68.8 Å². The highest BCUT2D eigenvalue weighted by molar-refractivity contribution is 9.10. The molecule has 4 heteroatoms. The molecule has 2 aromatic carbocycles. The SMILES string of the molecule is CCn1ccnc1CC(N)c1ccc2cc(Br)ccc2c1. The van der Waals surface area contributed by atoms with Gasteiger partial charge < -0.3 is 10.3 Å². The van der Waals surface area contributed by atoms with Crippen molar-refractivity contribution in [3.63, 3.8) is 0 Å². The number of fused-ring (bicyclic) bond motifs is 1. The predicted octanol–water partition coefficient (Wildman–Crippen LogP) is 4.06. The first-order valence-corrected chi connectivity index (χ1v) is 7.91. The van der Waals surface area contributed by atoms with Gasteiger partial charge in [0.15, 0.2) is 0 Å². The standard InChI is InChI=1S/C17H18BrN3/c1-2-21-8-7-20-17(21)11-16(19)14-4-3-13-10-15(18)6-5-12(13)9-14/h3-10,16H,2,11,19H2,1H3. The maximum atomic E-state index is 6.37. The summed E-state index contributed by atoms with van der Waals surface area (Å²) in [6, 6.07) is 12.7. The molecule has 0 aliphatic heterocycles. The number of nitrogens with zero attached hydrogens (tertiary/aromatic N) is 2. The Balaban J connectivity index is 1.87. The Bertz CT molecular complexity index is 764. The number of benzene rings is 2. The Kier molecular flexibility index (Phi) is 4.08. The van der Waals surface area contributed by atoms with Crippen LogP contribution < -0.4 is 5.73 Å². The number of hydrogen-bond donors (Lipinski definition) is 1. The molecule has 0 saturated heterocycles. The minimum absolute atomic E-state index is 0.0363. The molecule has 1 unspecified atom stereocenters. The second kappa shape index (κ2) is 6.00. The molecule has 1 aromatic heterocycles. The summed E-state index contributed by atoms with van der Waals surface area (Å²) < 4.78 is 3.23. The van der Waals surface area contributed by atoms with Gasteiger partial charge >= 0.3 is 0 Å². The summed E-state index contributed by atoms with van der Waals surface area (Å²) in [6.07, 6.45) is 4.59. The number of hydrogen-bond acceptors (Lipinski definition) is 2. The van der Waals surface area contributed by atoms with Gasteiger partial charge in [-0.05, 0) is 41.5 Å². The molecule has 0 aliphatic rings. The Morgan fingerprint density at radius 3 is 2.76 bits per heavy atom. The first-order valence-electron chi connectivity index (χ1n) is 7.12. The molecule has 0 bridgehead atoms. The third-order valence-corrected chi connectivity index (χ3v) is 4.29. The molecule has 0 fully saturated rings. The highest BCUT2D eigenvalue weighted by atomic mass is 79.9. The Morgan fingerprint density at radius 1 is 1.19 bits per heavy atom. The third kappa shape index (κ3) is 3.01. The van der Waals surface area contributed by atoms with Crippen molar-refractivity contribution in [1.82, 2.24) is 9.55 Å². The van der Waals surface area contributed by atoms with E-state index in [1.54, 1.807) is 0 Å². The Hall–Kier alpha value is -1.65. The molecule has 3 aromatic rings. The molecule has 3 nitrogen and oxygen atoms in total. The fourth-order valence-electron chi connectivity index (χ4n) is 2.60. The van der Waals surface area contributed by atoms with Crippen LogP contribution in [-0.2, 0) is 13.0 Å². The van der Waals surface area contributed by atoms with E-state index < -0.39 is 0 Å². The number of imidazole rings is 1. The summed E-state index contributed by atoms with van der Waals surface area (Å²) in [6.45, 7) is 3.04. The molecule has 0 spiro atoms. The van der Waals surface area contributed by atoms with Crippen molar-refractivity contribution in [2.75, 3.05) is 0 Å². The van der Waals surface area contributed by atoms with Crippen molar-refractivity contribution >= 4 is 26.7 Å². The van der Waals surface area contributed by atoms with Crippen molar-refractivity contribution in [2.45, 2.75) is 25.9 Å². The van der Waals surface area contributed by atoms with Gasteiger partial charge in [-0.2, -0.15) is 0 Å². The van der Waals surface area contributed by atoms with Gasteiger partial charge in [-0.1, -0.05) is 34.1 Å². The number of rotatable bonds is 4. The number of aromatic nitrogens is 2. The lowest BCUT2D eigenvalue weighted by atomic mass is 10.00. The zero-order chi connectivity index (χ0) is 14.8. The van der Waals surface area contributed by atoms with Gasteiger partial charge in [0.1, 0.15) is 5.82 Å². The van der Waals surface area contributed by atoms with Gasteiger partial charge in [-0.15, -0.1) is 0 Å². The van der Waals surface area contributed by atoms with E-state index in [1.807, 2.05) is 12.4 Å². The lowest BCUT2D eigenvalue weighted by Crippen LogP contribution is -2.16. The lowest BCUT2D eigenvalue weighted by molar-refractivity contribution is 0.628. The predicted molar refractivity (Wildman–Crippen MR) is 90.2 cm³/mol. The second-order valence-corrected chi connectivity index (χ2v) is 6.11. The lowest BCUT2D eigenvalue weighted by Gasteiger charge is -2.13. The average Bonchev–Trinajstić information content (AvgIpc) is 2.93. The topological polar surface area (TPSA) is 43.8 Å². The highest BCUT2D eigenvalue weighted by Gasteiger charge is 2.11. The van der Waals surface area contributed by atoms with Crippen LogP contribution in [0.2, 0.25) is 0 Å². The zero-order valence-corrected chi connectivity index (χ0v) is 13.5. The minimum Gasteiger partial charge on any atom is -0.335 e. The summed E-state index contributed by atoms with van der Waals surface area (Å²) >= 11 is 3.50. The summed E-state index contributed by atoms with van der Waals surface area (Å²) in [5.41, 5.74) is 7.52. The molecule has 0 radical (unpaired) electrons. The van der Waals surface area contributed by atoms with Crippen molar-refractivity contribution < 1.29 is 0 Å². The molecule has 1 atom stereocenters. The van der Waals surface area contributed by atoms with Gasteiger partial charge in [0.25, 0.3) is 0 Å². The van der Waals surface area contributed by atoms with Crippen LogP contribution in [-0.4, -0.2) is 9.55 Å². The third-order valence-electron chi connectivity index (χ3n) is 3.80. The van der Waals surface area contributed by atoms with Gasteiger partial charge in [-0.3, -0.25) is 0 Å². The summed E-state index contributed by atoms with van der Waals surface area (Å²) in [4.78, 5) is 4.40. The van der Waals surface area contributed by atoms with Crippen LogP contribution >= 0.6 is 15.9 Å². The molecule has 108 valence electrons. The van der Waals surface area contributed by atoms with Gasteiger partial charge in [-0.25, -0.2) is 4.98 Å². The molecule has 21 heavy (non-hydrogen) atoms. The Morgan fingerprint density at radius 2 is 1.95 bits per heavy atom. The average molecular weight is 344 g/mol. The minimum atomic E-state index is -0.0363. The van der Waals surface area contributed by atoms with Crippen molar-refractivity contribution in [3.05, 3.63) is 64.7 Å². The number of halogens is 1.